The standard InChI is InChI=1S/C10H6Cl2O3/c11-7(8(12)10(14)15)9(13)6-4-2-1-3-5-6/h1-5H,(H,14,15)/b8-7+. The molecule has 1 rings (SSSR count). The zero-order valence-corrected chi connectivity index (χ0v) is 8.92. The Balaban J connectivity index is 3.07. The van der Waals surface area contributed by atoms with E-state index in [0.717, 1.165) is 0 Å². The fourth-order valence-corrected chi connectivity index (χ4v) is 1.19. The van der Waals surface area contributed by atoms with Crippen LogP contribution in [0.1, 0.15) is 10.4 Å². The fourth-order valence-electron chi connectivity index (χ4n) is 0.910. The number of carbonyl (C=O) groups excluding carboxylic acids is 1. The third-order valence-electron chi connectivity index (χ3n) is 1.62. The number of hydrogen-bond donors (Lipinski definition) is 1. The summed E-state index contributed by atoms with van der Waals surface area (Å²) in [4.78, 5) is 22.0. The van der Waals surface area contributed by atoms with Crippen LogP contribution in [0.5, 0.6) is 0 Å². The second-order valence-corrected chi connectivity index (χ2v) is 3.38. The van der Waals surface area contributed by atoms with Crippen LogP contribution in [0, 0.1) is 0 Å². The van der Waals surface area contributed by atoms with Gasteiger partial charge in [0, 0.05) is 5.56 Å². The molecule has 0 amide bonds. The van der Waals surface area contributed by atoms with E-state index < -0.39 is 21.8 Å². The van der Waals surface area contributed by atoms with E-state index in [1.54, 1.807) is 18.2 Å². The van der Waals surface area contributed by atoms with Gasteiger partial charge in [0.05, 0.1) is 0 Å². The van der Waals surface area contributed by atoms with E-state index >= 15 is 0 Å². The van der Waals surface area contributed by atoms with Crippen LogP contribution in [0.2, 0.25) is 0 Å². The van der Waals surface area contributed by atoms with Crippen molar-refractivity contribution in [2.75, 3.05) is 0 Å². The number of hydrogen-bond acceptors (Lipinski definition) is 2. The van der Waals surface area contributed by atoms with Gasteiger partial charge in [0.1, 0.15) is 10.1 Å². The summed E-state index contributed by atoms with van der Waals surface area (Å²) in [5, 5.41) is 7.36. The Bertz CT molecular complexity index is 424. The Morgan fingerprint density at radius 3 is 2.00 bits per heavy atom. The molecule has 1 N–H and O–H groups in total. The van der Waals surface area contributed by atoms with Crippen LogP contribution in [0.4, 0.5) is 0 Å². The first-order valence-electron chi connectivity index (χ1n) is 3.92. The van der Waals surface area contributed by atoms with E-state index in [2.05, 4.69) is 0 Å². The average Bonchev–Trinajstić information content (AvgIpc) is 2.27. The van der Waals surface area contributed by atoms with Gasteiger partial charge in [-0.25, -0.2) is 4.79 Å². The van der Waals surface area contributed by atoms with Gasteiger partial charge in [-0.3, -0.25) is 4.79 Å². The van der Waals surface area contributed by atoms with Crippen molar-refractivity contribution in [2.45, 2.75) is 0 Å². The maximum Gasteiger partial charge on any atom is 0.349 e. The number of rotatable bonds is 3. The minimum Gasteiger partial charge on any atom is -0.477 e. The van der Waals surface area contributed by atoms with Crippen molar-refractivity contribution in [2.24, 2.45) is 0 Å². The van der Waals surface area contributed by atoms with Crippen molar-refractivity contribution in [1.82, 2.24) is 0 Å². The number of Topliss-reactive ketones (excluding diaryl/α,β-unsaturated/α-hetero) is 1. The quantitative estimate of drug-likeness (QED) is 0.657. The smallest absolute Gasteiger partial charge is 0.349 e. The van der Waals surface area contributed by atoms with Crippen LogP contribution in [0.15, 0.2) is 40.4 Å². The van der Waals surface area contributed by atoms with Gasteiger partial charge in [0.2, 0.25) is 5.78 Å². The maximum absolute atomic E-state index is 11.6. The second kappa shape index (κ2) is 4.96. The van der Waals surface area contributed by atoms with Crippen molar-refractivity contribution in [1.29, 1.82) is 0 Å². The SMILES string of the molecule is O=C(O)/C(Cl)=C(\Cl)C(=O)c1ccccc1. The molecule has 0 aromatic heterocycles. The molecule has 78 valence electrons. The van der Waals surface area contributed by atoms with Crippen molar-refractivity contribution in [3.8, 4) is 0 Å². The second-order valence-electron chi connectivity index (χ2n) is 2.63. The average molecular weight is 245 g/mol. The van der Waals surface area contributed by atoms with Crippen LogP contribution in [0.3, 0.4) is 0 Å². The molecule has 0 aliphatic rings. The fraction of sp³-hybridized carbons (Fsp3) is 0. The first-order valence-corrected chi connectivity index (χ1v) is 4.68. The summed E-state index contributed by atoms with van der Waals surface area (Å²) >= 11 is 10.9. The van der Waals surface area contributed by atoms with Crippen LogP contribution in [-0.4, -0.2) is 16.9 Å². The van der Waals surface area contributed by atoms with E-state index in [-0.39, 0.29) is 0 Å². The molecule has 1 aromatic carbocycles. The van der Waals surface area contributed by atoms with Gasteiger partial charge in [-0.15, -0.1) is 0 Å². The number of carboxylic acid groups (broad SMARTS) is 1. The number of carboxylic acids is 1. The van der Waals surface area contributed by atoms with Crippen molar-refractivity contribution in [3.05, 3.63) is 46.0 Å². The van der Waals surface area contributed by atoms with Crippen molar-refractivity contribution in [3.63, 3.8) is 0 Å². The number of benzene rings is 1. The molecule has 3 nitrogen and oxygen atoms in total. The summed E-state index contributed by atoms with van der Waals surface area (Å²) in [6, 6.07) is 8.07. The molecule has 0 atom stereocenters. The monoisotopic (exact) mass is 244 g/mol. The Labute approximate surface area is 95.9 Å². The van der Waals surface area contributed by atoms with Gasteiger partial charge >= 0.3 is 5.97 Å². The minimum absolute atomic E-state index is 0.293. The summed E-state index contributed by atoms with van der Waals surface area (Å²) in [6.07, 6.45) is 0. The number of ketones is 1. The molecule has 5 heteroatoms. The van der Waals surface area contributed by atoms with Crippen LogP contribution >= 0.6 is 23.2 Å². The highest BCUT2D eigenvalue weighted by molar-refractivity contribution is 6.54. The van der Waals surface area contributed by atoms with Crippen molar-refractivity contribution < 1.29 is 14.7 Å². The molecule has 0 bridgehead atoms. The summed E-state index contributed by atoms with van der Waals surface area (Å²) in [7, 11) is 0. The molecular formula is C10H6Cl2O3. The minimum atomic E-state index is -1.43. The molecule has 0 radical (unpaired) electrons. The third-order valence-corrected chi connectivity index (χ3v) is 2.42. The van der Waals surface area contributed by atoms with E-state index in [9.17, 15) is 9.59 Å². The number of carbonyl (C=O) groups is 2. The lowest BCUT2D eigenvalue weighted by molar-refractivity contribution is -0.131. The lowest BCUT2D eigenvalue weighted by Gasteiger charge is -1.99. The van der Waals surface area contributed by atoms with Gasteiger partial charge < -0.3 is 5.11 Å². The normalized spacial score (nSPS) is 11.9. The van der Waals surface area contributed by atoms with Gasteiger partial charge in [-0.1, -0.05) is 53.5 Å². The lowest BCUT2D eigenvalue weighted by atomic mass is 10.1. The summed E-state index contributed by atoms with van der Waals surface area (Å²) in [6.45, 7) is 0. The number of halogens is 2. The van der Waals surface area contributed by atoms with Gasteiger partial charge in [-0.05, 0) is 0 Å². The first-order chi connectivity index (χ1) is 7.04. The summed E-state index contributed by atoms with van der Waals surface area (Å²) in [5.41, 5.74) is 0.293. The largest absolute Gasteiger partial charge is 0.477 e. The molecule has 0 unspecified atom stereocenters. The molecule has 15 heavy (non-hydrogen) atoms. The summed E-state index contributed by atoms with van der Waals surface area (Å²) in [5.74, 6) is -2.03. The van der Waals surface area contributed by atoms with E-state index in [0.29, 0.717) is 5.56 Å². The molecule has 1 aromatic rings. The van der Waals surface area contributed by atoms with E-state index in [1.807, 2.05) is 0 Å². The Kier molecular flexibility index (Phi) is 3.88. The Morgan fingerprint density at radius 2 is 1.53 bits per heavy atom. The highest BCUT2D eigenvalue weighted by Crippen LogP contribution is 2.19. The number of aliphatic carboxylic acids is 1. The van der Waals surface area contributed by atoms with Gasteiger partial charge in [0.15, 0.2) is 0 Å². The van der Waals surface area contributed by atoms with Crippen molar-refractivity contribution >= 4 is 35.0 Å². The summed E-state index contributed by atoms with van der Waals surface area (Å²) < 4.78 is 0. The van der Waals surface area contributed by atoms with E-state index in [4.69, 9.17) is 28.3 Å². The maximum atomic E-state index is 11.6. The van der Waals surface area contributed by atoms with Gasteiger partial charge in [0.25, 0.3) is 0 Å². The molecular weight excluding hydrogens is 239 g/mol. The van der Waals surface area contributed by atoms with E-state index in [1.165, 1.54) is 12.1 Å². The molecule has 0 aliphatic heterocycles. The Morgan fingerprint density at radius 1 is 1.00 bits per heavy atom. The highest BCUT2D eigenvalue weighted by atomic mass is 35.5. The molecule has 0 saturated heterocycles. The topological polar surface area (TPSA) is 54.4 Å². The zero-order chi connectivity index (χ0) is 11.4. The molecule has 0 heterocycles. The lowest BCUT2D eigenvalue weighted by Crippen LogP contribution is -2.05. The molecule has 0 spiro atoms. The highest BCUT2D eigenvalue weighted by Gasteiger charge is 2.18. The molecule has 0 fully saturated rings. The van der Waals surface area contributed by atoms with Gasteiger partial charge in [-0.2, -0.15) is 0 Å². The predicted octanol–water partition coefficient (Wildman–Crippen LogP) is 2.64. The predicted molar refractivity (Wildman–Crippen MR) is 57.1 cm³/mol. The van der Waals surface area contributed by atoms with Crippen LogP contribution in [-0.2, 0) is 4.79 Å². The third kappa shape index (κ3) is 2.81. The first kappa shape index (κ1) is 11.8. The molecule has 0 aliphatic carbocycles. The zero-order valence-electron chi connectivity index (χ0n) is 7.41. The van der Waals surface area contributed by atoms with Crippen LogP contribution in [0.25, 0.3) is 0 Å². The molecule has 0 saturated carbocycles. The Hall–Kier alpha value is -1.32. The number of allylic oxidation sites excluding steroid dienone is 1. The van der Waals surface area contributed by atoms with Crippen LogP contribution < -0.4 is 0 Å².